The van der Waals surface area contributed by atoms with E-state index in [1.54, 1.807) is 4.90 Å². The minimum atomic E-state index is -0.872. The second-order valence-corrected chi connectivity index (χ2v) is 5.31. The van der Waals surface area contributed by atoms with Crippen molar-refractivity contribution in [2.45, 2.75) is 38.6 Å². The van der Waals surface area contributed by atoms with E-state index in [9.17, 15) is 14.4 Å². The molecule has 0 bridgehead atoms. The molecule has 1 saturated carbocycles. The van der Waals surface area contributed by atoms with Crippen molar-refractivity contribution in [3.8, 4) is 0 Å². The highest BCUT2D eigenvalue weighted by Gasteiger charge is 2.50. The molecule has 0 spiro atoms. The summed E-state index contributed by atoms with van der Waals surface area (Å²) in [7, 11) is 0. The monoisotopic (exact) mass is 268 g/mol. The number of rotatable bonds is 4. The van der Waals surface area contributed by atoms with E-state index in [4.69, 9.17) is 5.11 Å². The lowest BCUT2D eigenvalue weighted by atomic mass is 10.0. The number of hydrogen-bond donors (Lipinski definition) is 2. The molecule has 2 rings (SSSR count). The van der Waals surface area contributed by atoms with E-state index < -0.39 is 11.9 Å². The minimum absolute atomic E-state index is 0.0346. The molecule has 1 saturated heterocycles. The maximum Gasteiger partial charge on any atom is 0.307 e. The number of carboxylic acid groups (broad SMARTS) is 1. The third kappa shape index (κ3) is 3.24. The first kappa shape index (κ1) is 13.8. The Hall–Kier alpha value is -1.59. The molecule has 6 nitrogen and oxygen atoms in total. The highest BCUT2D eigenvalue weighted by Crippen LogP contribution is 2.40. The smallest absolute Gasteiger partial charge is 0.307 e. The maximum absolute atomic E-state index is 12.0. The Bertz CT molecular complexity index is 388. The average molecular weight is 268 g/mol. The van der Waals surface area contributed by atoms with Crippen molar-refractivity contribution in [1.29, 1.82) is 0 Å². The summed E-state index contributed by atoms with van der Waals surface area (Å²) in [5.41, 5.74) is 0. The van der Waals surface area contributed by atoms with E-state index in [2.05, 4.69) is 5.32 Å². The third-order valence-corrected chi connectivity index (χ3v) is 3.92. The minimum Gasteiger partial charge on any atom is -0.481 e. The molecule has 2 N–H and O–H groups in total. The molecule has 19 heavy (non-hydrogen) atoms. The maximum atomic E-state index is 12.0. The predicted octanol–water partition coefficient (Wildman–Crippen LogP) is 0.224. The van der Waals surface area contributed by atoms with Crippen LogP contribution in [0.25, 0.3) is 0 Å². The van der Waals surface area contributed by atoms with Crippen LogP contribution in [0.5, 0.6) is 0 Å². The molecule has 2 atom stereocenters. The van der Waals surface area contributed by atoms with Gasteiger partial charge < -0.3 is 15.3 Å². The fraction of sp³-hybridized carbons (Fsp3) is 0.769. The van der Waals surface area contributed by atoms with Gasteiger partial charge in [0.25, 0.3) is 0 Å². The Kier molecular flexibility index (Phi) is 4.07. The van der Waals surface area contributed by atoms with Crippen LogP contribution in [0, 0.1) is 11.8 Å². The van der Waals surface area contributed by atoms with Gasteiger partial charge in [-0.15, -0.1) is 0 Å². The largest absolute Gasteiger partial charge is 0.481 e. The van der Waals surface area contributed by atoms with E-state index in [0.717, 1.165) is 12.8 Å². The molecule has 2 amide bonds. The number of carbonyl (C=O) groups is 3. The fourth-order valence-electron chi connectivity index (χ4n) is 2.55. The lowest BCUT2D eigenvalue weighted by molar-refractivity contribution is -0.142. The summed E-state index contributed by atoms with van der Waals surface area (Å²) in [6.45, 7) is 3.03. The Morgan fingerprint density at radius 2 is 1.84 bits per heavy atom. The molecule has 1 aliphatic carbocycles. The van der Waals surface area contributed by atoms with Crippen molar-refractivity contribution in [3.63, 3.8) is 0 Å². The summed E-state index contributed by atoms with van der Waals surface area (Å²) in [5, 5.41) is 11.7. The first-order chi connectivity index (χ1) is 9.02. The number of carbonyl (C=O) groups excluding carboxylic acids is 2. The van der Waals surface area contributed by atoms with Crippen LogP contribution in [-0.4, -0.2) is 46.9 Å². The summed E-state index contributed by atoms with van der Waals surface area (Å²) in [6.07, 6.45) is 2.45. The van der Waals surface area contributed by atoms with Crippen LogP contribution in [0.15, 0.2) is 0 Å². The van der Waals surface area contributed by atoms with Crippen LogP contribution in [0.3, 0.4) is 0 Å². The zero-order chi connectivity index (χ0) is 14.0. The lowest BCUT2D eigenvalue weighted by Crippen LogP contribution is -2.47. The Labute approximate surface area is 112 Å². The number of aliphatic carboxylic acids is 1. The first-order valence-electron chi connectivity index (χ1n) is 6.84. The third-order valence-electron chi connectivity index (χ3n) is 3.92. The fourth-order valence-corrected chi connectivity index (χ4v) is 2.55. The number of hydrogen-bond acceptors (Lipinski definition) is 3. The van der Waals surface area contributed by atoms with Gasteiger partial charge in [-0.25, -0.2) is 0 Å². The standard InChI is InChI=1S/C13H20N2O4/c1-2-11(16)14-8-3-5-15(6-4-8)12(17)9-7-10(9)13(18)19/h8-10H,2-7H2,1H3,(H,14,16)(H,18,19)/t9-,10+/m1/s1. The second-order valence-electron chi connectivity index (χ2n) is 5.31. The number of nitrogens with zero attached hydrogens (tertiary/aromatic N) is 1. The SMILES string of the molecule is CCC(=O)NC1CCN(C(=O)[C@@H]2C[C@@H]2C(=O)O)CC1. The summed E-state index contributed by atoms with van der Waals surface area (Å²) < 4.78 is 0. The van der Waals surface area contributed by atoms with E-state index >= 15 is 0 Å². The van der Waals surface area contributed by atoms with Gasteiger partial charge in [0.2, 0.25) is 11.8 Å². The highest BCUT2D eigenvalue weighted by atomic mass is 16.4. The van der Waals surface area contributed by atoms with Crippen LogP contribution in [0.2, 0.25) is 0 Å². The van der Waals surface area contributed by atoms with Gasteiger partial charge in [-0.3, -0.25) is 14.4 Å². The molecule has 0 aromatic rings. The van der Waals surface area contributed by atoms with Crippen molar-refractivity contribution >= 4 is 17.8 Å². The Morgan fingerprint density at radius 3 is 2.32 bits per heavy atom. The van der Waals surface area contributed by atoms with Crippen molar-refractivity contribution < 1.29 is 19.5 Å². The average Bonchev–Trinajstić information content (AvgIpc) is 3.19. The van der Waals surface area contributed by atoms with E-state index in [1.807, 2.05) is 6.92 Å². The molecule has 0 radical (unpaired) electrons. The van der Waals surface area contributed by atoms with Gasteiger partial charge in [-0.05, 0) is 19.3 Å². The number of carboxylic acids is 1. The zero-order valence-corrected chi connectivity index (χ0v) is 11.1. The van der Waals surface area contributed by atoms with Crippen molar-refractivity contribution in [1.82, 2.24) is 10.2 Å². The van der Waals surface area contributed by atoms with Crippen LogP contribution >= 0.6 is 0 Å². The molecule has 2 aliphatic rings. The Morgan fingerprint density at radius 1 is 1.21 bits per heavy atom. The van der Waals surface area contributed by atoms with Gasteiger partial charge in [-0.2, -0.15) is 0 Å². The molecule has 0 aromatic heterocycles. The van der Waals surface area contributed by atoms with Crippen molar-refractivity contribution in [2.75, 3.05) is 13.1 Å². The summed E-state index contributed by atoms with van der Waals surface area (Å²) in [6, 6.07) is 0.144. The molecule has 6 heteroatoms. The van der Waals surface area contributed by atoms with Crippen molar-refractivity contribution in [3.05, 3.63) is 0 Å². The van der Waals surface area contributed by atoms with Crippen LogP contribution in [0.4, 0.5) is 0 Å². The van der Waals surface area contributed by atoms with Gasteiger partial charge in [-0.1, -0.05) is 6.92 Å². The molecule has 1 heterocycles. The molecule has 0 unspecified atom stereocenters. The van der Waals surface area contributed by atoms with Gasteiger partial charge in [0.15, 0.2) is 0 Å². The van der Waals surface area contributed by atoms with Gasteiger partial charge in [0.05, 0.1) is 11.8 Å². The van der Waals surface area contributed by atoms with E-state index in [-0.39, 0.29) is 23.8 Å². The molecule has 1 aliphatic heterocycles. The lowest BCUT2D eigenvalue weighted by Gasteiger charge is -2.32. The van der Waals surface area contributed by atoms with Gasteiger partial charge in [0.1, 0.15) is 0 Å². The predicted molar refractivity (Wildman–Crippen MR) is 67.3 cm³/mol. The zero-order valence-electron chi connectivity index (χ0n) is 11.1. The number of likely N-dealkylation sites (tertiary alicyclic amines) is 1. The highest BCUT2D eigenvalue weighted by molar-refractivity contribution is 5.89. The molecule has 0 aromatic carbocycles. The summed E-state index contributed by atoms with van der Waals surface area (Å²) in [5.74, 6) is -1.67. The summed E-state index contributed by atoms with van der Waals surface area (Å²) >= 11 is 0. The number of nitrogens with one attached hydrogen (secondary N) is 1. The Balaban J connectivity index is 1.76. The summed E-state index contributed by atoms with van der Waals surface area (Å²) in [4.78, 5) is 35.8. The van der Waals surface area contributed by atoms with E-state index in [1.165, 1.54) is 0 Å². The molecular weight excluding hydrogens is 248 g/mol. The molecular formula is C13H20N2O4. The second kappa shape index (κ2) is 5.59. The van der Waals surface area contributed by atoms with Crippen LogP contribution < -0.4 is 5.32 Å². The number of amides is 2. The van der Waals surface area contributed by atoms with Gasteiger partial charge in [0, 0.05) is 25.6 Å². The molecule has 106 valence electrons. The van der Waals surface area contributed by atoms with Crippen molar-refractivity contribution in [2.24, 2.45) is 11.8 Å². The van der Waals surface area contributed by atoms with Crippen LogP contribution in [0.1, 0.15) is 32.6 Å². The van der Waals surface area contributed by atoms with Crippen LogP contribution in [-0.2, 0) is 14.4 Å². The first-order valence-corrected chi connectivity index (χ1v) is 6.84. The van der Waals surface area contributed by atoms with Gasteiger partial charge >= 0.3 is 5.97 Å². The quantitative estimate of drug-likeness (QED) is 0.764. The normalized spacial score (nSPS) is 26.9. The molecule has 2 fully saturated rings. The topological polar surface area (TPSA) is 86.7 Å². The van der Waals surface area contributed by atoms with E-state index in [0.29, 0.717) is 25.9 Å². The number of piperidine rings is 1.